The maximum atomic E-state index is 11.6. The van der Waals surface area contributed by atoms with E-state index in [2.05, 4.69) is 0 Å². The number of nitriles is 1. The Kier molecular flexibility index (Phi) is 4.87. The monoisotopic (exact) mass is 249 g/mol. The Morgan fingerprint density at radius 3 is 2.31 bits per heavy atom. The first-order chi connectivity index (χ1) is 7.21. The number of rotatable bonds is 6. The van der Waals surface area contributed by atoms with Crippen molar-refractivity contribution < 1.29 is 23.1 Å². The first kappa shape index (κ1) is 14.3. The van der Waals surface area contributed by atoms with Crippen LogP contribution >= 0.6 is 0 Å². The molecule has 0 radical (unpaired) electrons. The van der Waals surface area contributed by atoms with E-state index in [1.807, 2.05) is 0 Å². The lowest BCUT2D eigenvalue weighted by atomic mass is 10.5. The van der Waals surface area contributed by atoms with Crippen LogP contribution in [-0.2, 0) is 19.6 Å². The van der Waals surface area contributed by atoms with E-state index in [9.17, 15) is 18.0 Å². The van der Waals surface area contributed by atoms with Crippen molar-refractivity contribution in [2.24, 2.45) is 5.73 Å². The molecule has 16 heavy (non-hydrogen) atoms. The Bertz CT molecular complexity index is 408. The summed E-state index contributed by atoms with van der Waals surface area (Å²) in [6, 6.07) is 1.46. The van der Waals surface area contributed by atoms with Crippen molar-refractivity contribution in [3.8, 4) is 6.07 Å². The van der Waals surface area contributed by atoms with E-state index in [0.717, 1.165) is 6.92 Å². The Morgan fingerprint density at radius 2 is 2.00 bits per heavy atom. The fraction of sp³-hybridized carbons (Fsp3) is 0.571. The molecule has 0 saturated carbocycles. The number of carbonyl (C=O) groups is 2. The number of hydrogen-bond donors (Lipinski definition) is 2. The number of carbonyl (C=O) groups excluding carboxylic acids is 1. The second kappa shape index (κ2) is 5.43. The molecule has 1 atom stereocenters. The summed E-state index contributed by atoms with van der Waals surface area (Å²) >= 11 is 0. The Balaban J connectivity index is 5.11. The van der Waals surface area contributed by atoms with Crippen LogP contribution in [0.2, 0.25) is 0 Å². The molecule has 8 nitrogen and oxygen atoms in total. The van der Waals surface area contributed by atoms with Gasteiger partial charge in [0.1, 0.15) is 6.54 Å². The van der Waals surface area contributed by atoms with Gasteiger partial charge in [-0.2, -0.15) is 9.57 Å². The van der Waals surface area contributed by atoms with Crippen LogP contribution < -0.4 is 5.73 Å². The average molecular weight is 249 g/mol. The van der Waals surface area contributed by atoms with Crippen LogP contribution in [0.4, 0.5) is 0 Å². The van der Waals surface area contributed by atoms with Gasteiger partial charge in [-0.25, -0.2) is 8.42 Å². The molecule has 1 amide bonds. The minimum atomic E-state index is -4.15. The van der Waals surface area contributed by atoms with Crippen molar-refractivity contribution in [2.75, 3.05) is 13.1 Å². The number of carboxylic acids is 1. The van der Waals surface area contributed by atoms with Gasteiger partial charge in [0.05, 0.1) is 12.6 Å². The van der Waals surface area contributed by atoms with Crippen molar-refractivity contribution in [2.45, 2.75) is 12.2 Å². The number of aliphatic carboxylic acids is 1. The summed E-state index contributed by atoms with van der Waals surface area (Å²) in [5.74, 6) is -2.43. The number of carboxylic acid groups (broad SMARTS) is 1. The van der Waals surface area contributed by atoms with Gasteiger partial charge in [-0.15, -0.1) is 0 Å². The van der Waals surface area contributed by atoms with Crippen molar-refractivity contribution >= 4 is 21.9 Å². The van der Waals surface area contributed by atoms with Gasteiger partial charge in [-0.3, -0.25) is 9.59 Å². The number of amides is 1. The zero-order valence-corrected chi connectivity index (χ0v) is 9.27. The smallest absolute Gasteiger partial charge is 0.318 e. The highest BCUT2D eigenvalue weighted by Crippen LogP contribution is 2.07. The van der Waals surface area contributed by atoms with Gasteiger partial charge < -0.3 is 10.8 Å². The van der Waals surface area contributed by atoms with E-state index in [0.29, 0.717) is 4.31 Å². The Labute approximate surface area is 92.3 Å². The van der Waals surface area contributed by atoms with E-state index in [4.69, 9.17) is 16.1 Å². The molecule has 0 fully saturated rings. The Morgan fingerprint density at radius 1 is 1.50 bits per heavy atom. The molecule has 0 bridgehead atoms. The second-order valence-corrected chi connectivity index (χ2v) is 5.20. The molecule has 0 saturated heterocycles. The lowest BCUT2D eigenvalue weighted by Crippen LogP contribution is -2.44. The van der Waals surface area contributed by atoms with Crippen LogP contribution in [0.3, 0.4) is 0 Å². The highest BCUT2D eigenvalue weighted by atomic mass is 32.2. The number of nitrogens with zero attached hydrogens (tertiary/aromatic N) is 2. The number of nitrogens with two attached hydrogens (primary N) is 1. The molecule has 9 heteroatoms. The van der Waals surface area contributed by atoms with E-state index < -0.39 is 40.2 Å². The predicted octanol–water partition coefficient (Wildman–Crippen LogP) is -1.90. The number of primary amides is 1. The molecular formula is C7H11N3O5S. The summed E-state index contributed by atoms with van der Waals surface area (Å²) < 4.78 is 23.5. The van der Waals surface area contributed by atoms with E-state index in [1.54, 1.807) is 0 Å². The third kappa shape index (κ3) is 3.84. The first-order valence-corrected chi connectivity index (χ1v) is 5.60. The largest absolute Gasteiger partial charge is 0.480 e. The summed E-state index contributed by atoms with van der Waals surface area (Å²) in [5, 5.41) is 15.5. The van der Waals surface area contributed by atoms with E-state index in [1.165, 1.54) is 6.07 Å². The maximum Gasteiger partial charge on any atom is 0.318 e. The summed E-state index contributed by atoms with van der Waals surface area (Å²) in [4.78, 5) is 21.0. The lowest BCUT2D eigenvalue weighted by molar-refractivity contribution is -0.137. The maximum absolute atomic E-state index is 11.6. The van der Waals surface area contributed by atoms with Gasteiger partial charge in [-0.05, 0) is 6.92 Å². The zero-order chi connectivity index (χ0) is 12.9. The van der Waals surface area contributed by atoms with Crippen LogP contribution in [0.5, 0.6) is 0 Å². The van der Waals surface area contributed by atoms with Gasteiger partial charge >= 0.3 is 5.97 Å². The standard InChI is InChI=1S/C7H11N3O5S/c1-5(2-8)16(14,15)10(3-6(9)11)4-7(12)13/h5H,3-4H2,1H3,(H2,9,11)(H,12,13). The number of hydrogen-bond acceptors (Lipinski definition) is 5. The van der Waals surface area contributed by atoms with Crippen molar-refractivity contribution in [3.63, 3.8) is 0 Å². The fourth-order valence-electron chi connectivity index (χ4n) is 0.851. The van der Waals surface area contributed by atoms with E-state index in [-0.39, 0.29) is 0 Å². The molecule has 0 aliphatic carbocycles. The van der Waals surface area contributed by atoms with Gasteiger partial charge in [0.2, 0.25) is 15.9 Å². The molecule has 0 aliphatic rings. The fourth-order valence-corrected chi connectivity index (χ4v) is 2.03. The van der Waals surface area contributed by atoms with Gasteiger partial charge in [-0.1, -0.05) is 0 Å². The second-order valence-electron chi connectivity index (χ2n) is 2.94. The molecular weight excluding hydrogens is 238 g/mol. The predicted molar refractivity (Wildman–Crippen MR) is 52.4 cm³/mol. The third-order valence-corrected chi connectivity index (χ3v) is 3.61. The molecule has 0 aromatic rings. The normalized spacial score (nSPS) is 13.1. The number of sulfonamides is 1. The molecule has 1 unspecified atom stereocenters. The third-order valence-electron chi connectivity index (χ3n) is 1.63. The van der Waals surface area contributed by atoms with Gasteiger partial charge in [0.15, 0.2) is 5.25 Å². The molecule has 0 heterocycles. The Hall–Kier alpha value is -1.66. The quantitative estimate of drug-likeness (QED) is 0.563. The SMILES string of the molecule is CC(C#N)S(=O)(=O)N(CC(N)=O)CC(=O)O. The summed E-state index contributed by atoms with van der Waals surface area (Å²) in [7, 11) is -4.15. The zero-order valence-electron chi connectivity index (χ0n) is 8.45. The van der Waals surface area contributed by atoms with Crippen molar-refractivity contribution in [3.05, 3.63) is 0 Å². The van der Waals surface area contributed by atoms with Crippen LogP contribution in [0.1, 0.15) is 6.92 Å². The van der Waals surface area contributed by atoms with Crippen LogP contribution in [0, 0.1) is 11.3 Å². The van der Waals surface area contributed by atoms with Crippen LogP contribution in [-0.4, -0.2) is 48.0 Å². The van der Waals surface area contributed by atoms with Crippen molar-refractivity contribution in [1.29, 1.82) is 5.26 Å². The van der Waals surface area contributed by atoms with Crippen LogP contribution in [0.25, 0.3) is 0 Å². The average Bonchev–Trinajstić information content (AvgIpc) is 2.13. The molecule has 0 aromatic carbocycles. The van der Waals surface area contributed by atoms with Crippen LogP contribution in [0.15, 0.2) is 0 Å². The summed E-state index contributed by atoms with van der Waals surface area (Å²) in [5.41, 5.74) is 4.79. The molecule has 3 N–H and O–H groups in total. The van der Waals surface area contributed by atoms with Gasteiger partial charge in [0, 0.05) is 0 Å². The van der Waals surface area contributed by atoms with Gasteiger partial charge in [0.25, 0.3) is 0 Å². The molecule has 0 aliphatic heterocycles. The topological polar surface area (TPSA) is 142 Å². The summed E-state index contributed by atoms with van der Waals surface area (Å²) in [6.07, 6.45) is 0. The highest BCUT2D eigenvalue weighted by molar-refractivity contribution is 7.90. The molecule has 0 aromatic heterocycles. The molecule has 0 spiro atoms. The molecule has 90 valence electrons. The van der Waals surface area contributed by atoms with E-state index >= 15 is 0 Å². The minimum absolute atomic E-state index is 0.367. The molecule has 0 rings (SSSR count). The minimum Gasteiger partial charge on any atom is -0.480 e. The first-order valence-electron chi connectivity index (χ1n) is 4.10. The highest BCUT2D eigenvalue weighted by Gasteiger charge is 2.31. The van der Waals surface area contributed by atoms with Crippen molar-refractivity contribution in [1.82, 2.24) is 4.31 Å². The summed E-state index contributed by atoms with van der Waals surface area (Å²) in [6.45, 7) is -0.580. The lowest BCUT2D eigenvalue weighted by Gasteiger charge is -2.19.